The largest absolute Gasteiger partial charge is 0.490 e. The molecule has 6 heteroatoms. The summed E-state index contributed by atoms with van der Waals surface area (Å²) in [6.07, 6.45) is 2.05. The number of hydrogen-bond donors (Lipinski definition) is 1. The molecule has 156 valence electrons. The van der Waals surface area contributed by atoms with Crippen molar-refractivity contribution in [2.75, 3.05) is 20.1 Å². The van der Waals surface area contributed by atoms with E-state index in [1.54, 1.807) is 12.1 Å². The highest BCUT2D eigenvalue weighted by molar-refractivity contribution is 5.81. The van der Waals surface area contributed by atoms with Crippen LogP contribution in [0.15, 0.2) is 48.5 Å². The lowest BCUT2D eigenvalue weighted by atomic mass is 10.1. The third-order valence-electron chi connectivity index (χ3n) is 5.13. The number of nitrogens with zero attached hydrogens (tertiary/aromatic N) is 1. The molecule has 1 aliphatic rings. The highest BCUT2D eigenvalue weighted by Gasteiger charge is 2.20. The maximum absolute atomic E-state index is 13.8. The summed E-state index contributed by atoms with van der Waals surface area (Å²) in [5, 5.41) is 2.86. The molecule has 0 unspecified atom stereocenters. The maximum atomic E-state index is 13.8. The molecule has 0 bridgehead atoms. The van der Waals surface area contributed by atoms with Crippen molar-refractivity contribution in [1.29, 1.82) is 0 Å². The lowest BCUT2D eigenvalue weighted by Crippen LogP contribution is -2.37. The molecule has 1 N–H and O–H groups in total. The Morgan fingerprint density at radius 1 is 1.17 bits per heavy atom. The Balaban J connectivity index is 1.48. The van der Waals surface area contributed by atoms with Gasteiger partial charge in [0.2, 0.25) is 0 Å². The molecule has 0 spiro atoms. The van der Waals surface area contributed by atoms with Crippen molar-refractivity contribution in [1.82, 2.24) is 10.2 Å². The Kier molecular flexibility index (Phi) is 7.47. The van der Waals surface area contributed by atoms with E-state index >= 15 is 0 Å². The summed E-state index contributed by atoms with van der Waals surface area (Å²) in [6.45, 7) is 4.33. The highest BCUT2D eigenvalue weighted by atomic mass is 19.1. The molecule has 1 heterocycles. The number of ether oxygens (including phenoxy) is 2. The van der Waals surface area contributed by atoms with E-state index in [-0.39, 0.29) is 17.8 Å². The van der Waals surface area contributed by atoms with Gasteiger partial charge in [-0.3, -0.25) is 4.79 Å². The zero-order valence-electron chi connectivity index (χ0n) is 17.1. The van der Waals surface area contributed by atoms with Gasteiger partial charge in [-0.1, -0.05) is 31.2 Å². The van der Waals surface area contributed by atoms with Crippen molar-refractivity contribution >= 4 is 5.91 Å². The van der Waals surface area contributed by atoms with Crippen molar-refractivity contribution in [3.8, 4) is 11.5 Å². The predicted molar refractivity (Wildman–Crippen MR) is 111 cm³/mol. The quantitative estimate of drug-likeness (QED) is 0.733. The monoisotopic (exact) mass is 400 g/mol. The number of carbonyl (C=O) groups is 1. The number of likely N-dealkylation sites (tertiary alicyclic amines) is 1. The Labute approximate surface area is 171 Å². The normalized spacial score (nSPS) is 16.2. The fourth-order valence-electron chi connectivity index (χ4n) is 3.30. The van der Waals surface area contributed by atoms with Crippen LogP contribution < -0.4 is 14.8 Å². The Morgan fingerprint density at radius 3 is 2.52 bits per heavy atom. The average Bonchev–Trinajstić information content (AvgIpc) is 2.74. The molecular weight excluding hydrogens is 371 g/mol. The van der Waals surface area contributed by atoms with Crippen LogP contribution in [-0.4, -0.2) is 43.2 Å². The van der Waals surface area contributed by atoms with E-state index in [1.807, 2.05) is 31.2 Å². The summed E-state index contributed by atoms with van der Waals surface area (Å²) in [5.74, 6) is 0.204. The van der Waals surface area contributed by atoms with Crippen LogP contribution in [0.5, 0.6) is 11.5 Å². The third kappa shape index (κ3) is 6.19. The summed E-state index contributed by atoms with van der Waals surface area (Å²) in [4.78, 5) is 14.7. The molecule has 2 aromatic carbocycles. The van der Waals surface area contributed by atoms with Crippen LogP contribution in [0.1, 0.15) is 31.7 Å². The molecule has 0 aromatic heterocycles. The van der Waals surface area contributed by atoms with Crippen LogP contribution in [-0.2, 0) is 11.3 Å². The number of para-hydroxylation sites is 1. The summed E-state index contributed by atoms with van der Waals surface area (Å²) >= 11 is 0. The number of rotatable bonds is 8. The minimum absolute atomic E-state index is 0.0879. The van der Waals surface area contributed by atoms with E-state index in [9.17, 15) is 9.18 Å². The SMILES string of the molecule is CC[C@@H](Oc1ccccc1F)C(=O)NCc1ccc(OC2CCN(C)CC2)cc1. The summed E-state index contributed by atoms with van der Waals surface area (Å²) in [6, 6.07) is 13.9. The lowest BCUT2D eigenvalue weighted by Gasteiger charge is -2.29. The van der Waals surface area contributed by atoms with Gasteiger partial charge < -0.3 is 19.7 Å². The van der Waals surface area contributed by atoms with E-state index in [1.165, 1.54) is 12.1 Å². The third-order valence-corrected chi connectivity index (χ3v) is 5.13. The van der Waals surface area contributed by atoms with Crippen LogP contribution >= 0.6 is 0 Å². The molecule has 1 aliphatic heterocycles. The topological polar surface area (TPSA) is 50.8 Å². The second-order valence-corrected chi connectivity index (χ2v) is 7.43. The molecule has 29 heavy (non-hydrogen) atoms. The van der Waals surface area contributed by atoms with Gasteiger partial charge in [0.15, 0.2) is 17.7 Å². The first-order valence-electron chi connectivity index (χ1n) is 10.2. The van der Waals surface area contributed by atoms with Crippen LogP contribution in [0.2, 0.25) is 0 Å². The van der Waals surface area contributed by atoms with Crippen LogP contribution in [0.4, 0.5) is 4.39 Å². The Hall–Kier alpha value is -2.60. The summed E-state index contributed by atoms with van der Waals surface area (Å²) in [5.41, 5.74) is 0.967. The molecule has 1 atom stereocenters. The van der Waals surface area contributed by atoms with Gasteiger partial charge in [0.05, 0.1) is 0 Å². The van der Waals surface area contributed by atoms with Gasteiger partial charge in [-0.05, 0) is 56.1 Å². The van der Waals surface area contributed by atoms with Gasteiger partial charge >= 0.3 is 0 Å². The Morgan fingerprint density at radius 2 is 1.86 bits per heavy atom. The standard InChI is InChI=1S/C23H29FN2O3/c1-3-21(29-22-7-5-4-6-20(22)24)23(27)25-16-17-8-10-18(11-9-17)28-19-12-14-26(2)15-13-19/h4-11,19,21H,3,12-16H2,1-2H3,(H,25,27)/t21-/m1/s1. The average molecular weight is 400 g/mol. The van der Waals surface area contributed by atoms with Crippen LogP contribution in [0.25, 0.3) is 0 Å². The van der Waals surface area contributed by atoms with Crippen LogP contribution in [0, 0.1) is 5.82 Å². The second kappa shape index (κ2) is 10.3. The van der Waals surface area contributed by atoms with E-state index in [4.69, 9.17) is 9.47 Å². The van der Waals surface area contributed by atoms with E-state index in [0.29, 0.717) is 13.0 Å². The number of nitrogens with one attached hydrogen (secondary N) is 1. The second-order valence-electron chi connectivity index (χ2n) is 7.43. The first kappa shape index (κ1) is 21.1. The lowest BCUT2D eigenvalue weighted by molar-refractivity contribution is -0.128. The number of halogens is 1. The molecule has 2 aromatic rings. The van der Waals surface area contributed by atoms with Crippen molar-refractivity contribution in [2.45, 2.75) is 44.9 Å². The van der Waals surface area contributed by atoms with E-state index < -0.39 is 11.9 Å². The minimum Gasteiger partial charge on any atom is -0.490 e. The summed E-state index contributed by atoms with van der Waals surface area (Å²) in [7, 11) is 2.13. The molecule has 0 saturated carbocycles. The molecule has 3 rings (SSSR count). The number of piperidine rings is 1. The van der Waals surface area contributed by atoms with Crippen molar-refractivity contribution in [2.24, 2.45) is 0 Å². The number of carbonyl (C=O) groups excluding carboxylic acids is 1. The van der Waals surface area contributed by atoms with Crippen LogP contribution in [0.3, 0.4) is 0 Å². The molecule has 1 saturated heterocycles. The number of hydrogen-bond acceptors (Lipinski definition) is 4. The van der Waals surface area contributed by atoms with Gasteiger partial charge in [-0.25, -0.2) is 4.39 Å². The van der Waals surface area contributed by atoms with Gasteiger partial charge in [0, 0.05) is 19.6 Å². The number of amides is 1. The molecule has 1 fully saturated rings. The van der Waals surface area contributed by atoms with Gasteiger partial charge in [-0.15, -0.1) is 0 Å². The van der Waals surface area contributed by atoms with Gasteiger partial charge in [0.25, 0.3) is 5.91 Å². The van der Waals surface area contributed by atoms with Gasteiger partial charge in [-0.2, -0.15) is 0 Å². The predicted octanol–water partition coefficient (Wildman–Crippen LogP) is 3.77. The van der Waals surface area contributed by atoms with Crippen molar-refractivity contribution in [3.05, 3.63) is 59.9 Å². The van der Waals surface area contributed by atoms with Crippen molar-refractivity contribution in [3.63, 3.8) is 0 Å². The summed E-state index contributed by atoms with van der Waals surface area (Å²) < 4.78 is 25.3. The zero-order valence-corrected chi connectivity index (χ0v) is 17.1. The molecule has 1 amide bonds. The minimum atomic E-state index is -0.737. The first-order valence-corrected chi connectivity index (χ1v) is 10.2. The van der Waals surface area contributed by atoms with E-state index in [2.05, 4.69) is 17.3 Å². The first-order chi connectivity index (χ1) is 14.0. The smallest absolute Gasteiger partial charge is 0.261 e. The van der Waals surface area contributed by atoms with Gasteiger partial charge in [0.1, 0.15) is 11.9 Å². The highest BCUT2D eigenvalue weighted by Crippen LogP contribution is 2.20. The van der Waals surface area contributed by atoms with E-state index in [0.717, 1.165) is 37.2 Å². The zero-order chi connectivity index (χ0) is 20.6. The fraction of sp³-hybridized carbons (Fsp3) is 0.435. The fourth-order valence-corrected chi connectivity index (χ4v) is 3.30. The molecule has 5 nitrogen and oxygen atoms in total. The molecule has 0 radical (unpaired) electrons. The van der Waals surface area contributed by atoms with Crippen molar-refractivity contribution < 1.29 is 18.7 Å². The molecule has 0 aliphatic carbocycles. The number of benzene rings is 2. The Bertz CT molecular complexity index is 789. The molecular formula is C23H29FN2O3. The maximum Gasteiger partial charge on any atom is 0.261 e.